The Morgan fingerprint density at radius 3 is 2.13 bits per heavy atom. The lowest BCUT2D eigenvalue weighted by Gasteiger charge is -2.21. The van der Waals surface area contributed by atoms with E-state index in [0.717, 1.165) is 36.8 Å². The fraction of sp³-hybridized carbons (Fsp3) is 0.394. The van der Waals surface area contributed by atoms with Crippen molar-refractivity contribution >= 4 is 11.9 Å². The Labute approximate surface area is 231 Å². The van der Waals surface area contributed by atoms with Crippen LogP contribution in [0, 0.1) is 5.82 Å². The Morgan fingerprint density at radius 1 is 0.923 bits per heavy atom. The number of ether oxygens (including phenoxy) is 1. The third kappa shape index (κ3) is 8.95. The van der Waals surface area contributed by atoms with Gasteiger partial charge in [-0.3, -0.25) is 9.59 Å². The molecule has 2 N–H and O–H groups in total. The minimum Gasteiger partial charge on any atom is -0.486 e. The zero-order valence-electron chi connectivity index (χ0n) is 23.4. The van der Waals surface area contributed by atoms with E-state index in [-0.39, 0.29) is 23.9 Å². The molecule has 1 amide bonds. The number of aliphatic carboxylic acids is 1. The summed E-state index contributed by atoms with van der Waals surface area (Å²) in [5.74, 6) is -1.38. The van der Waals surface area contributed by atoms with Crippen molar-refractivity contribution in [1.29, 1.82) is 0 Å². The summed E-state index contributed by atoms with van der Waals surface area (Å²) in [7, 11) is 0. The molecule has 0 bridgehead atoms. The highest BCUT2D eigenvalue weighted by Crippen LogP contribution is 2.32. The number of carbonyl (C=O) groups is 2. The second kappa shape index (κ2) is 13.9. The molecule has 0 aliphatic heterocycles. The van der Waals surface area contributed by atoms with Crippen LogP contribution < -0.4 is 10.1 Å². The summed E-state index contributed by atoms with van der Waals surface area (Å²) >= 11 is 0. The van der Waals surface area contributed by atoms with Crippen molar-refractivity contribution in [3.63, 3.8) is 0 Å². The van der Waals surface area contributed by atoms with E-state index < -0.39 is 23.8 Å². The molecule has 1 atom stereocenters. The predicted octanol–water partition coefficient (Wildman–Crippen LogP) is 8.09. The summed E-state index contributed by atoms with van der Waals surface area (Å²) in [6.45, 7) is 8.71. The number of hydrogen-bond donors (Lipinski definition) is 2. The van der Waals surface area contributed by atoms with Gasteiger partial charge >= 0.3 is 5.97 Å². The molecule has 0 spiro atoms. The number of nitrogens with one attached hydrogen (secondary N) is 1. The van der Waals surface area contributed by atoms with Crippen LogP contribution in [0.2, 0.25) is 0 Å². The van der Waals surface area contributed by atoms with Gasteiger partial charge in [0.2, 0.25) is 0 Å². The second-order valence-corrected chi connectivity index (χ2v) is 10.9. The average molecular weight is 534 g/mol. The van der Waals surface area contributed by atoms with E-state index in [1.165, 1.54) is 11.6 Å². The number of carbonyl (C=O) groups excluding carboxylic acids is 1. The van der Waals surface area contributed by atoms with Crippen LogP contribution in [-0.2, 0) is 10.2 Å². The topological polar surface area (TPSA) is 75.6 Å². The first-order valence-corrected chi connectivity index (χ1v) is 13.8. The van der Waals surface area contributed by atoms with Crippen LogP contribution in [0.5, 0.6) is 5.75 Å². The molecule has 3 aromatic carbocycles. The number of hydrogen-bond acceptors (Lipinski definition) is 3. The Balaban J connectivity index is 1.75. The van der Waals surface area contributed by atoms with Crippen LogP contribution in [0.3, 0.4) is 0 Å². The van der Waals surface area contributed by atoms with Gasteiger partial charge in [-0.2, -0.15) is 0 Å². The van der Waals surface area contributed by atoms with E-state index in [1.54, 1.807) is 12.1 Å². The largest absolute Gasteiger partial charge is 0.486 e. The average Bonchev–Trinajstić information content (AvgIpc) is 2.90. The van der Waals surface area contributed by atoms with Crippen molar-refractivity contribution in [3.8, 4) is 16.9 Å². The number of amides is 1. The Hall–Kier alpha value is -3.67. The summed E-state index contributed by atoms with van der Waals surface area (Å²) in [5.41, 5.74) is 4.12. The molecule has 3 aromatic rings. The highest BCUT2D eigenvalue weighted by atomic mass is 19.1. The van der Waals surface area contributed by atoms with E-state index in [2.05, 4.69) is 57.3 Å². The number of halogens is 1. The van der Waals surface area contributed by atoms with E-state index in [9.17, 15) is 9.59 Å². The van der Waals surface area contributed by atoms with Crippen LogP contribution in [0.1, 0.15) is 93.8 Å². The standard InChI is InChI=1S/C33H40FNO4/c1-5-6-7-8-9-30(28-19-14-25(22-29(28)34)32(38)35-21-20-31(36)37)39-27-17-12-24(13-18-27)23-10-15-26(16-11-23)33(2,3)4/h10-19,22,30H,5-9,20-21H2,1-4H3,(H,35,38)(H,36,37). The monoisotopic (exact) mass is 533 g/mol. The Bertz CT molecular complexity index is 1230. The van der Waals surface area contributed by atoms with Crippen molar-refractivity contribution in [2.75, 3.05) is 6.54 Å². The van der Waals surface area contributed by atoms with Gasteiger partial charge in [0.1, 0.15) is 17.7 Å². The lowest BCUT2D eigenvalue weighted by molar-refractivity contribution is -0.136. The fourth-order valence-electron chi connectivity index (χ4n) is 4.40. The highest BCUT2D eigenvalue weighted by Gasteiger charge is 2.20. The molecular weight excluding hydrogens is 493 g/mol. The van der Waals surface area contributed by atoms with E-state index in [0.29, 0.717) is 17.7 Å². The van der Waals surface area contributed by atoms with Crippen LogP contribution in [0.15, 0.2) is 66.7 Å². The molecule has 3 rings (SSSR count). The minimum absolute atomic E-state index is 0.0164. The molecule has 0 aliphatic rings. The Kier molecular flexibility index (Phi) is 10.7. The van der Waals surface area contributed by atoms with E-state index in [4.69, 9.17) is 9.84 Å². The SMILES string of the molecule is CCCCCCC(Oc1ccc(-c2ccc(C(C)(C)C)cc2)cc1)c1ccc(C(=O)NCCC(=O)O)cc1F. The third-order valence-corrected chi connectivity index (χ3v) is 6.77. The lowest BCUT2D eigenvalue weighted by atomic mass is 9.86. The van der Waals surface area contributed by atoms with Gasteiger partial charge in [-0.05, 0) is 59.2 Å². The maximum absolute atomic E-state index is 15.2. The molecule has 6 heteroatoms. The molecule has 208 valence electrons. The first-order valence-electron chi connectivity index (χ1n) is 13.8. The van der Waals surface area contributed by atoms with Crippen LogP contribution >= 0.6 is 0 Å². The molecule has 0 aliphatic carbocycles. The summed E-state index contributed by atoms with van der Waals surface area (Å²) < 4.78 is 21.5. The van der Waals surface area contributed by atoms with Gasteiger partial charge in [0.25, 0.3) is 5.91 Å². The Morgan fingerprint density at radius 2 is 1.56 bits per heavy atom. The number of unbranched alkanes of at least 4 members (excludes halogenated alkanes) is 3. The molecule has 0 aromatic heterocycles. The molecule has 0 heterocycles. The van der Waals surface area contributed by atoms with Gasteiger partial charge in [-0.15, -0.1) is 0 Å². The zero-order valence-corrected chi connectivity index (χ0v) is 23.4. The maximum Gasteiger partial charge on any atom is 0.305 e. The smallest absolute Gasteiger partial charge is 0.305 e. The first-order chi connectivity index (χ1) is 18.6. The van der Waals surface area contributed by atoms with Gasteiger partial charge in [-0.1, -0.05) is 89.4 Å². The molecular formula is C33H40FNO4. The minimum atomic E-state index is -1.01. The van der Waals surface area contributed by atoms with Gasteiger partial charge in [0, 0.05) is 17.7 Å². The lowest BCUT2D eigenvalue weighted by Crippen LogP contribution is -2.26. The van der Waals surface area contributed by atoms with Crippen LogP contribution in [0.25, 0.3) is 11.1 Å². The molecule has 0 saturated carbocycles. The molecule has 0 fully saturated rings. The first kappa shape index (κ1) is 29.9. The normalized spacial score (nSPS) is 12.1. The quantitative estimate of drug-likeness (QED) is 0.218. The van der Waals surface area contributed by atoms with E-state index >= 15 is 4.39 Å². The number of carboxylic acids is 1. The van der Waals surface area contributed by atoms with Crippen LogP contribution in [-0.4, -0.2) is 23.5 Å². The van der Waals surface area contributed by atoms with Crippen molar-refractivity contribution in [3.05, 3.63) is 89.2 Å². The number of carboxylic acid groups (broad SMARTS) is 1. The summed E-state index contributed by atoms with van der Waals surface area (Å²) in [4.78, 5) is 23.0. The third-order valence-electron chi connectivity index (χ3n) is 6.77. The molecule has 5 nitrogen and oxygen atoms in total. The van der Waals surface area contributed by atoms with E-state index in [1.807, 2.05) is 24.3 Å². The highest BCUT2D eigenvalue weighted by molar-refractivity contribution is 5.94. The van der Waals surface area contributed by atoms with Gasteiger partial charge in [0.05, 0.1) is 6.42 Å². The molecule has 1 unspecified atom stereocenters. The van der Waals surface area contributed by atoms with Crippen molar-refractivity contribution in [2.45, 2.75) is 77.7 Å². The van der Waals surface area contributed by atoms with Gasteiger partial charge in [0.15, 0.2) is 0 Å². The summed E-state index contributed by atoms with van der Waals surface area (Å²) in [6, 6.07) is 20.8. The van der Waals surface area contributed by atoms with Gasteiger partial charge in [-0.25, -0.2) is 4.39 Å². The number of rotatable bonds is 13. The maximum atomic E-state index is 15.2. The van der Waals surface area contributed by atoms with Crippen molar-refractivity contribution in [2.24, 2.45) is 0 Å². The number of benzene rings is 3. The zero-order chi connectivity index (χ0) is 28.4. The summed E-state index contributed by atoms with van der Waals surface area (Å²) in [5, 5.41) is 11.3. The molecule has 39 heavy (non-hydrogen) atoms. The fourth-order valence-corrected chi connectivity index (χ4v) is 4.40. The second-order valence-electron chi connectivity index (χ2n) is 10.9. The summed E-state index contributed by atoms with van der Waals surface area (Å²) in [6.07, 6.45) is 4.09. The van der Waals surface area contributed by atoms with Crippen LogP contribution in [0.4, 0.5) is 4.39 Å². The molecule has 0 saturated heterocycles. The van der Waals surface area contributed by atoms with Crippen molar-refractivity contribution in [1.82, 2.24) is 5.32 Å². The molecule has 0 radical (unpaired) electrons. The predicted molar refractivity (Wildman–Crippen MR) is 154 cm³/mol. The van der Waals surface area contributed by atoms with Gasteiger partial charge < -0.3 is 15.2 Å². The van der Waals surface area contributed by atoms with Crippen molar-refractivity contribution < 1.29 is 23.8 Å².